The summed E-state index contributed by atoms with van der Waals surface area (Å²) < 4.78 is 5.62. The van der Waals surface area contributed by atoms with E-state index in [0.717, 1.165) is 17.5 Å². The molecule has 2 amide bonds. The van der Waals surface area contributed by atoms with Gasteiger partial charge in [0.05, 0.1) is 0 Å². The Bertz CT molecular complexity index is 1040. The predicted octanol–water partition coefficient (Wildman–Crippen LogP) is 3.77. The maximum absolute atomic E-state index is 12.8. The highest BCUT2D eigenvalue weighted by molar-refractivity contribution is 5.86. The molecule has 1 saturated heterocycles. The van der Waals surface area contributed by atoms with Crippen LogP contribution in [0.4, 0.5) is 4.79 Å². The van der Waals surface area contributed by atoms with E-state index in [2.05, 4.69) is 29.6 Å². The van der Waals surface area contributed by atoms with Crippen molar-refractivity contribution in [3.8, 4) is 11.1 Å². The van der Waals surface area contributed by atoms with Crippen LogP contribution in [0.5, 0.6) is 0 Å². The minimum atomic E-state index is -0.938. The Balaban J connectivity index is 1.16. The molecule has 0 aromatic heterocycles. The van der Waals surface area contributed by atoms with Crippen LogP contribution in [-0.2, 0) is 14.3 Å². The third kappa shape index (κ3) is 4.08. The number of carbonyl (C=O) groups is 3. The lowest BCUT2D eigenvalue weighted by Gasteiger charge is -2.24. The summed E-state index contributed by atoms with van der Waals surface area (Å²) in [5.74, 6) is -1.28. The molecule has 1 saturated carbocycles. The fourth-order valence-corrected chi connectivity index (χ4v) is 5.67. The third-order valence-corrected chi connectivity index (χ3v) is 7.27. The number of fused-ring (bicyclic) bond motifs is 3. The molecular formula is C26H28N2O5. The van der Waals surface area contributed by atoms with Crippen molar-refractivity contribution in [3.63, 3.8) is 0 Å². The summed E-state index contributed by atoms with van der Waals surface area (Å²) in [6.45, 7) is 0.750. The van der Waals surface area contributed by atoms with E-state index in [1.165, 1.54) is 16.0 Å². The number of amides is 2. The molecule has 3 aliphatic rings. The van der Waals surface area contributed by atoms with Crippen LogP contribution in [-0.4, -0.2) is 53.2 Å². The zero-order valence-electron chi connectivity index (χ0n) is 18.4. The van der Waals surface area contributed by atoms with Crippen molar-refractivity contribution >= 4 is 18.0 Å². The van der Waals surface area contributed by atoms with Crippen LogP contribution in [0.25, 0.3) is 11.1 Å². The van der Waals surface area contributed by atoms with Crippen LogP contribution < -0.4 is 5.32 Å². The second-order valence-electron chi connectivity index (χ2n) is 9.20. The van der Waals surface area contributed by atoms with Crippen LogP contribution in [0.3, 0.4) is 0 Å². The van der Waals surface area contributed by atoms with E-state index in [0.29, 0.717) is 32.2 Å². The first-order valence-corrected chi connectivity index (χ1v) is 11.7. The van der Waals surface area contributed by atoms with Gasteiger partial charge in [-0.25, -0.2) is 9.59 Å². The van der Waals surface area contributed by atoms with Crippen molar-refractivity contribution in [1.29, 1.82) is 0 Å². The minimum Gasteiger partial charge on any atom is -0.480 e. The lowest BCUT2D eigenvalue weighted by molar-refractivity contribution is -0.149. The number of likely N-dealkylation sites (tertiary alicyclic amines) is 1. The number of nitrogens with zero attached hydrogens (tertiary/aromatic N) is 1. The zero-order valence-corrected chi connectivity index (χ0v) is 18.4. The topological polar surface area (TPSA) is 95.9 Å². The Morgan fingerprint density at radius 1 is 0.970 bits per heavy atom. The molecule has 172 valence electrons. The summed E-state index contributed by atoms with van der Waals surface area (Å²) in [5.41, 5.74) is 4.69. The van der Waals surface area contributed by atoms with Gasteiger partial charge in [0.15, 0.2) is 0 Å². The van der Waals surface area contributed by atoms with Crippen LogP contribution >= 0.6 is 0 Å². The summed E-state index contributed by atoms with van der Waals surface area (Å²) in [6.07, 6.45) is 2.61. The SMILES string of the molecule is O=C(NC1CCC(C(=O)N2CCC[C@H]2C(=O)O)C1)OCC1c2ccccc2-c2ccccc21. The van der Waals surface area contributed by atoms with Crippen molar-refractivity contribution in [1.82, 2.24) is 10.2 Å². The standard InChI is InChI=1S/C26H28N2O5/c29-24(28-13-5-10-23(28)25(30)31)16-11-12-17(14-16)27-26(32)33-15-22-20-8-3-1-6-18(20)19-7-2-4-9-21(19)22/h1-4,6-9,16-17,22-23H,5,10-15H2,(H,27,32)(H,30,31)/t16?,17?,23-/m0/s1. The van der Waals surface area contributed by atoms with E-state index < -0.39 is 18.1 Å². The number of ether oxygens (including phenoxy) is 1. The van der Waals surface area contributed by atoms with Gasteiger partial charge in [-0.15, -0.1) is 0 Å². The van der Waals surface area contributed by atoms with Gasteiger partial charge < -0.3 is 20.1 Å². The first-order valence-electron chi connectivity index (χ1n) is 11.7. The van der Waals surface area contributed by atoms with Gasteiger partial charge in [0.2, 0.25) is 5.91 Å². The van der Waals surface area contributed by atoms with E-state index in [-0.39, 0.29) is 30.4 Å². The molecular weight excluding hydrogens is 420 g/mol. The highest BCUT2D eigenvalue weighted by Crippen LogP contribution is 2.44. The fourth-order valence-electron chi connectivity index (χ4n) is 5.67. The fraction of sp³-hybridized carbons (Fsp3) is 0.423. The Morgan fingerprint density at radius 3 is 2.30 bits per heavy atom. The van der Waals surface area contributed by atoms with Crippen LogP contribution in [0, 0.1) is 5.92 Å². The molecule has 1 heterocycles. The normalized spacial score (nSPS) is 23.8. The predicted molar refractivity (Wildman–Crippen MR) is 122 cm³/mol. The number of carboxylic acids is 1. The van der Waals surface area contributed by atoms with E-state index in [1.54, 1.807) is 0 Å². The molecule has 2 N–H and O–H groups in total. The van der Waals surface area contributed by atoms with Gasteiger partial charge in [-0.1, -0.05) is 48.5 Å². The molecule has 2 aromatic carbocycles. The lowest BCUT2D eigenvalue weighted by atomic mass is 9.98. The number of hydrogen-bond acceptors (Lipinski definition) is 4. The number of alkyl carbamates (subject to hydrolysis) is 1. The van der Waals surface area contributed by atoms with Crippen LogP contribution in [0.2, 0.25) is 0 Å². The van der Waals surface area contributed by atoms with E-state index in [1.807, 2.05) is 24.3 Å². The Hall–Kier alpha value is -3.35. The Morgan fingerprint density at radius 2 is 1.64 bits per heavy atom. The van der Waals surface area contributed by atoms with Crippen molar-refractivity contribution in [2.45, 2.75) is 50.1 Å². The van der Waals surface area contributed by atoms with Crippen molar-refractivity contribution in [2.75, 3.05) is 13.2 Å². The van der Waals surface area contributed by atoms with Gasteiger partial charge in [-0.2, -0.15) is 0 Å². The van der Waals surface area contributed by atoms with E-state index in [4.69, 9.17) is 4.74 Å². The molecule has 33 heavy (non-hydrogen) atoms. The first kappa shape index (κ1) is 21.5. The molecule has 2 aliphatic carbocycles. The molecule has 1 aliphatic heterocycles. The lowest BCUT2D eigenvalue weighted by Crippen LogP contribution is -2.43. The smallest absolute Gasteiger partial charge is 0.407 e. The van der Waals surface area contributed by atoms with Crippen molar-refractivity contribution in [3.05, 3.63) is 59.7 Å². The number of rotatable bonds is 5. The van der Waals surface area contributed by atoms with Gasteiger partial charge >= 0.3 is 12.1 Å². The number of aliphatic carboxylic acids is 1. The second-order valence-corrected chi connectivity index (χ2v) is 9.20. The number of carbonyl (C=O) groups excluding carboxylic acids is 2. The van der Waals surface area contributed by atoms with Gasteiger partial charge in [-0.3, -0.25) is 4.79 Å². The summed E-state index contributed by atoms with van der Waals surface area (Å²) in [6, 6.07) is 15.5. The average Bonchev–Trinajstić information content (AvgIpc) is 3.55. The van der Waals surface area contributed by atoms with Gasteiger partial charge in [-0.05, 0) is 54.4 Å². The van der Waals surface area contributed by atoms with Gasteiger partial charge in [0.25, 0.3) is 0 Å². The van der Waals surface area contributed by atoms with E-state index in [9.17, 15) is 19.5 Å². The molecule has 0 spiro atoms. The number of benzene rings is 2. The Labute approximate surface area is 192 Å². The van der Waals surface area contributed by atoms with Gasteiger partial charge in [0.1, 0.15) is 12.6 Å². The minimum absolute atomic E-state index is 0.00386. The highest BCUT2D eigenvalue weighted by Gasteiger charge is 2.40. The maximum Gasteiger partial charge on any atom is 0.407 e. The maximum atomic E-state index is 12.8. The van der Waals surface area contributed by atoms with Crippen LogP contribution in [0.15, 0.2) is 48.5 Å². The molecule has 5 rings (SSSR count). The average molecular weight is 449 g/mol. The quantitative estimate of drug-likeness (QED) is 0.726. The summed E-state index contributed by atoms with van der Waals surface area (Å²) in [5, 5.41) is 12.3. The number of hydrogen-bond donors (Lipinski definition) is 2. The molecule has 2 unspecified atom stereocenters. The van der Waals surface area contributed by atoms with Crippen molar-refractivity contribution < 1.29 is 24.2 Å². The Kier molecular flexibility index (Phi) is 5.79. The molecule has 0 radical (unpaired) electrons. The molecule has 2 fully saturated rings. The van der Waals surface area contributed by atoms with Crippen LogP contribution in [0.1, 0.15) is 49.1 Å². The third-order valence-electron chi connectivity index (χ3n) is 7.27. The molecule has 0 bridgehead atoms. The second kappa shape index (κ2) is 8.89. The summed E-state index contributed by atoms with van der Waals surface area (Å²) >= 11 is 0. The van der Waals surface area contributed by atoms with Crippen molar-refractivity contribution in [2.24, 2.45) is 5.92 Å². The molecule has 7 nitrogen and oxygen atoms in total. The number of carboxylic acid groups (broad SMARTS) is 1. The summed E-state index contributed by atoms with van der Waals surface area (Å²) in [4.78, 5) is 38.3. The molecule has 2 aromatic rings. The summed E-state index contributed by atoms with van der Waals surface area (Å²) in [7, 11) is 0. The van der Waals surface area contributed by atoms with E-state index >= 15 is 0 Å². The first-order chi connectivity index (χ1) is 16.0. The monoisotopic (exact) mass is 448 g/mol. The van der Waals surface area contributed by atoms with Gasteiger partial charge in [0, 0.05) is 24.4 Å². The molecule has 3 atom stereocenters. The largest absolute Gasteiger partial charge is 0.480 e. The molecule has 7 heteroatoms. The highest BCUT2D eigenvalue weighted by atomic mass is 16.5. The number of nitrogens with one attached hydrogen (secondary N) is 1. The zero-order chi connectivity index (χ0) is 22.9.